The fourth-order valence-electron chi connectivity index (χ4n) is 3.56. The molecule has 0 bridgehead atoms. The van der Waals surface area contributed by atoms with Crippen LogP contribution >= 0.6 is 0 Å². The van der Waals surface area contributed by atoms with Gasteiger partial charge in [-0.2, -0.15) is 0 Å². The summed E-state index contributed by atoms with van der Waals surface area (Å²) < 4.78 is 12.1. The summed E-state index contributed by atoms with van der Waals surface area (Å²) >= 11 is 0. The lowest BCUT2D eigenvalue weighted by molar-refractivity contribution is -0.385. The van der Waals surface area contributed by atoms with Crippen LogP contribution in [0.25, 0.3) is 0 Å². The zero-order valence-corrected chi connectivity index (χ0v) is 16.9. The molecule has 1 aromatic heterocycles. The molecule has 32 heavy (non-hydrogen) atoms. The summed E-state index contributed by atoms with van der Waals surface area (Å²) in [5, 5.41) is 41.8. The van der Waals surface area contributed by atoms with E-state index in [0.29, 0.717) is 22.8 Å². The van der Waals surface area contributed by atoms with E-state index < -0.39 is 42.2 Å². The van der Waals surface area contributed by atoms with Gasteiger partial charge in [0.15, 0.2) is 18.2 Å². The fourth-order valence-corrected chi connectivity index (χ4v) is 3.56. The molecule has 0 saturated carbocycles. The second kappa shape index (κ2) is 8.78. The molecule has 172 valence electrons. The summed E-state index contributed by atoms with van der Waals surface area (Å²) in [6.45, 7) is -0.549. The van der Waals surface area contributed by atoms with Crippen LogP contribution in [0.1, 0.15) is 23.7 Å². The molecule has 0 spiro atoms. The Morgan fingerprint density at radius 1 is 1.34 bits per heavy atom. The van der Waals surface area contributed by atoms with Gasteiger partial charge in [-0.25, -0.2) is 15.0 Å². The number of nitro groups is 1. The first-order chi connectivity index (χ1) is 15.3. The van der Waals surface area contributed by atoms with Gasteiger partial charge in [0.25, 0.3) is 5.69 Å². The number of nitrogens with zero attached hydrogens (tertiary/aromatic N) is 5. The van der Waals surface area contributed by atoms with Crippen molar-refractivity contribution in [1.29, 1.82) is 0 Å². The van der Waals surface area contributed by atoms with Crippen LogP contribution in [-0.2, 0) is 16.2 Å². The molecule has 1 saturated heterocycles. The molecule has 14 heteroatoms. The number of benzene rings is 1. The number of aliphatic hydroxyl groups excluding tert-OH is 3. The summed E-state index contributed by atoms with van der Waals surface area (Å²) in [6, 6.07) is 4.14. The third-order valence-corrected chi connectivity index (χ3v) is 5.28. The van der Waals surface area contributed by atoms with Crippen LogP contribution in [0.3, 0.4) is 0 Å². The molecule has 0 radical (unpaired) electrons. The first-order valence-corrected chi connectivity index (χ1v) is 9.57. The van der Waals surface area contributed by atoms with Crippen molar-refractivity contribution >= 4 is 17.8 Å². The first-order valence-electron chi connectivity index (χ1n) is 9.57. The average Bonchev–Trinajstić information content (AvgIpc) is 3.34. The van der Waals surface area contributed by atoms with Gasteiger partial charge in [0.1, 0.15) is 42.7 Å². The summed E-state index contributed by atoms with van der Waals surface area (Å²) in [5.74, 6) is 0.701. The highest BCUT2D eigenvalue weighted by molar-refractivity contribution is 5.64. The van der Waals surface area contributed by atoms with Crippen molar-refractivity contribution in [2.24, 2.45) is 10.7 Å². The maximum atomic E-state index is 11.0. The molecule has 2 aliphatic heterocycles. The van der Waals surface area contributed by atoms with Crippen molar-refractivity contribution in [3.05, 3.63) is 45.9 Å². The molecule has 1 aromatic carbocycles. The molecule has 1 fully saturated rings. The molecule has 14 nitrogen and oxygen atoms in total. The van der Waals surface area contributed by atoms with Gasteiger partial charge >= 0.3 is 0 Å². The van der Waals surface area contributed by atoms with Gasteiger partial charge in [0.2, 0.25) is 0 Å². The van der Waals surface area contributed by atoms with Gasteiger partial charge in [-0.15, -0.1) is 0 Å². The van der Waals surface area contributed by atoms with E-state index in [0.717, 1.165) is 0 Å². The van der Waals surface area contributed by atoms with E-state index in [4.69, 9.17) is 20.0 Å². The number of aliphatic imine (C=N–C) groups is 1. The molecule has 0 aliphatic carbocycles. The fraction of sp³-hybridized carbons (Fsp3) is 0.444. The Morgan fingerprint density at radius 2 is 2.12 bits per heavy atom. The number of fused-ring (bicyclic) bond motifs is 1. The van der Waals surface area contributed by atoms with Crippen LogP contribution < -0.4 is 10.5 Å². The smallest absolute Gasteiger partial charge is 0.270 e. The van der Waals surface area contributed by atoms with E-state index in [2.05, 4.69) is 9.98 Å². The van der Waals surface area contributed by atoms with Crippen molar-refractivity contribution in [2.45, 2.75) is 37.3 Å². The van der Waals surface area contributed by atoms with Gasteiger partial charge in [0.05, 0.1) is 25.0 Å². The number of hydrogen-bond donors (Lipinski definition) is 4. The van der Waals surface area contributed by atoms with E-state index in [1.807, 2.05) is 0 Å². The first kappa shape index (κ1) is 22.1. The summed E-state index contributed by atoms with van der Waals surface area (Å²) in [5.41, 5.74) is 6.87. The highest BCUT2D eigenvalue weighted by atomic mass is 16.7. The van der Waals surface area contributed by atoms with Crippen LogP contribution in [0.4, 0.5) is 11.5 Å². The van der Waals surface area contributed by atoms with Crippen LogP contribution in [0.5, 0.6) is 5.75 Å². The molecule has 4 rings (SSSR count). The molecule has 3 unspecified atom stereocenters. The Morgan fingerprint density at radius 3 is 2.78 bits per heavy atom. The number of non-ortho nitro benzene ring substituents is 1. The van der Waals surface area contributed by atoms with Crippen molar-refractivity contribution in [1.82, 2.24) is 14.6 Å². The number of imidazole rings is 1. The van der Waals surface area contributed by atoms with Gasteiger partial charge in [0, 0.05) is 17.7 Å². The predicted octanol–water partition coefficient (Wildman–Crippen LogP) is -0.524. The Kier molecular flexibility index (Phi) is 6.05. The Hall–Kier alpha value is -3.14. The summed E-state index contributed by atoms with van der Waals surface area (Å²) in [6.07, 6.45) is -2.75. The number of hydrogen-bond acceptors (Lipinski definition) is 12. The minimum atomic E-state index is -1.30. The highest BCUT2D eigenvalue weighted by Crippen LogP contribution is 2.37. The van der Waals surface area contributed by atoms with E-state index >= 15 is 0 Å². The zero-order chi connectivity index (χ0) is 23.0. The summed E-state index contributed by atoms with van der Waals surface area (Å²) in [7, 11) is 1.44. The summed E-state index contributed by atoms with van der Waals surface area (Å²) in [4.78, 5) is 24.7. The quantitative estimate of drug-likeness (QED) is 0.313. The maximum Gasteiger partial charge on any atom is 0.270 e. The number of aliphatic hydroxyl groups is 3. The zero-order valence-electron chi connectivity index (χ0n) is 16.9. The Balaban J connectivity index is 1.51. The molecule has 5 N–H and O–H groups in total. The second-order valence-corrected chi connectivity index (χ2v) is 7.17. The number of methoxy groups -OCH3 is 1. The molecule has 5 atom stereocenters. The van der Waals surface area contributed by atoms with Crippen LogP contribution in [-0.4, -0.2) is 73.2 Å². The number of nitrogens with two attached hydrogens (primary N) is 1. The van der Waals surface area contributed by atoms with Crippen molar-refractivity contribution < 1.29 is 34.6 Å². The van der Waals surface area contributed by atoms with Gasteiger partial charge in [-0.05, 0) is 6.07 Å². The number of nitro benzene ring substituents is 1. The lowest BCUT2D eigenvalue weighted by Gasteiger charge is -2.28. The molecular weight excluding hydrogens is 428 g/mol. The number of hydroxylamine groups is 2. The van der Waals surface area contributed by atoms with Crippen molar-refractivity contribution in [3.63, 3.8) is 0 Å². The Bertz CT molecular complexity index is 1030. The topological polar surface area (TPSA) is 191 Å². The molecule has 2 aliphatic rings. The van der Waals surface area contributed by atoms with Crippen molar-refractivity contribution in [2.75, 3.05) is 13.7 Å². The van der Waals surface area contributed by atoms with E-state index in [1.165, 1.54) is 47.6 Å². The molecular formula is C18H22N6O8. The van der Waals surface area contributed by atoms with Gasteiger partial charge in [-0.1, -0.05) is 0 Å². The SMILES string of the molecule is COc1ccc([N+](=O)[O-])cc1CON1C=Nc2c(ncn2[C@@H]2O[C@H](CO)C(O)C2O)C1N. The minimum Gasteiger partial charge on any atom is -0.496 e. The van der Waals surface area contributed by atoms with E-state index in [1.54, 1.807) is 0 Å². The van der Waals surface area contributed by atoms with Crippen LogP contribution in [0.15, 0.2) is 29.5 Å². The van der Waals surface area contributed by atoms with E-state index in [9.17, 15) is 25.4 Å². The van der Waals surface area contributed by atoms with Crippen LogP contribution in [0.2, 0.25) is 0 Å². The second-order valence-electron chi connectivity index (χ2n) is 7.17. The standard InChI is InChI=1S/C18H22N6O8/c1-30-11-3-2-10(24(28)29)4-9(11)6-31-23-8-21-17-13(16(23)19)20-7-22(17)18-15(27)14(26)12(5-25)32-18/h2-4,7-8,12,14-16,18,25-27H,5-6,19H2,1H3/t12-,14?,15?,16?,18-/m1/s1. The van der Waals surface area contributed by atoms with Crippen LogP contribution in [0, 0.1) is 10.1 Å². The Labute approximate surface area is 181 Å². The van der Waals surface area contributed by atoms with Gasteiger partial charge in [-0.3, -0.25) is 19.5 Å². The highest BCUT2D eigenvalue weighted by Gasteiger charge is 2.45. The number of ether oxygens (including phenoxy) is 2. The predicted molar refractivity (Wildman–Crippen MR) is 107 cm³/mol. The van der Waals surface area contributed by atoms with Gasteiger partial charge < -0.3 is 30.5 Å². The third kappa shape index (κ3) is 3.79. The largest absolute Gasteiger partial charge is 0.496 e. The maximum absolute atomic E-state index is 11.0. The molecule has 3 heterocycles. The number of rotatable bonds is 7. The normalized spacial score (nSPS) is 26.9. The molecule has 2 aromatic rings. The lowest BCUT2D eigenvalue weighted by atomic mass is 10.1. The number of aromatic nitrogens is 2. The molecule has 0 amide bonds. The average molecular weight is 450 g/mol. The van der Waals surface area contributed by atoms with Crippen molar-refractivity contribution in [3.8, 4) is 5.75 Å². The minimum absolute atomic E-state index is 0.0879. The van der Waals surface area contributed by atoms with E-state index in [-0.39, 0.29) is 12.3 Å². The monoisotopic (exact) mass is 450 g/mol. The lowest BCUT2D eigenvalue weighted by Crippen LogP contribution is -2.36. The third-order valence-electron chi connectivity index (χ3n) is 5.28.